The number of carbonyl (C=O) groups is 1. The van der Waals surface area contributed by atoms with Crippen molar-refractivity contribution in [2.24, 2.45) is 0 Å². The normalized spacial score (nSPS) is 9.83. The van der Waals surface area contributed by atoms with Crippen LogP contribution >= 0.6 is 0 Å². The van der Waals surface area contributed by atoms with Crippen molar-refractivity contribution in [3.8, 4) is 11.1 Å². The summed E-state index contributed by atoms with van der Waals surface area (Å²) in [5, 5.41) is 8.51. The Kier molecular flexibility index (Phi) is 3.38. The average Bonchev–Trinajstić information content (AvgIpc) is 2.40. The third kappa shape index (κ3) is 2.54. The molecule has 2 rings (SSSR count). The Bertz CT molecular complexity index is 604. The maximum absolute atomic E-state index is 11.5. The fraction of sp³-hybridized carbons (Fsp3) is 0.0833. The summed E-state index contributed by atoms with van der Waals surface area (Å²) in [6.07, 6.45) is 0.974. The number of ether oxygens (including phenoxy) is 1. The summed E-state index contributed by atoms with van der Waals surface area (Å²) >= 11 is 0. The number of hydrogen-bond donors (Lipinski definition) is 2. The quantitative estimate of drug-likeness (QED) is 0.841. The first-order valence-corrected chi connectivity index (χ1v) is 5.20. The van der Waals surface area contributed by atoms with Crippen LogP contribution in [0.4, 0.5) is 10.5 Å². The first-order valence-electron chi connectivity index (χ1n) is 5.20. The molecule has 6 heteroatoms. The predicted molar refractivity (Wildman–Crippen MR) is 66.3 cm³/mol. The Morgan fingerprint density at radius 1 is 1.28 bits per heavy atom. The van der Waals surface area contributed by atoms with Gasteiger partial charge in [0.1, 0.15) is 0 Å². The maximum Gasteiger partial charge on any atom is 0.411 e. The monoisotopic (exact) mass is 245 g/mol. The molecule has 0 aliphatic heterocycles. The zero-order valence-corrected chi connectivity index (χ0v) is 9.64. The minimum atomic E-state index is -0.537. The predicted octanol–water partition coefficient (Wildman–Crippen LogP) is 1.62. The number of benzene rings is 1. The van der Waals surface area contributed by atoms with Gasteiger partial charge in [-0.05, 0) is 23.8 Å². The molecule has 0 radical (unpaired) electrons. The number of aromatic amines is 1. The van der Waals surface area contributed by atoms with Crippen LogP contribution in [-0.2, 0) is 4.74 Å². The molecule has 0 atom stereocenters. The largest absolute Gasteiger partial charge is 0.453 e. The van der Waals surface area contributed by atoms with Gasteiger partial charge in [-0.2, -0.15) is 5.10 Å². The summed E-state index contributed by atoms with van der Waals surface area (Å²) in [5.74, 6) is 0. The molecule has 1 amide bonds. The van der Waals surface area contributed by atoms with Crippen LogP contribution in [-0.4, -0.2) is 23.4 Å². The molecule has 6 nitrogen and oxygen atoms in total. The number of hydrogen-bond acceptors (Lipinski definition) is 4. The molecule has 0 saturated heterocycles. The minimum absolute atomic E-state index is 0.258. The van der Waals surface area contributed by atoms with Crippen molar-refractivity contribution < 1.29 is 9.53 Å². The zero-order valence-electron chi connectivity index (χ0n) is 9.64. The molecular formula is C12H11N3O3. The van der Waals surface area contributed by atoms with Crippen molar-refractivity contribution in [1.29, 1.82) is 0 Å². The molecule has 1 heterocycles. The number of carbonyl (C=O) groups excluding carboxylic acids is 1. The van der Waals surface area contributed by atoms with Gasteiger partial charge in [0.25, 0.3) is 5.56 Å². The fourth-order valence-corrected chi connectivity index (χ4v) is 1.47. The Morgan fingerprint density at radius 2 is 2.00 bits per heavy atom. The molecule has 0 fully saturated rings. The highest BCUT2D eigenvalue weighted by Crippen LogP contribution is 2.17. The van der Waals surface area contributed by atoms with Gasteiger partial charge in [0.2, 0.25) is 0 Å². The van der Waals surface area contributed by atoms with Crippen molar-refractivity contribution >= 4 is 11.8 Å². The van der Waals surface area contributed by atoms with Gasteiger partial charge in [0.15, 0.2) is 0 Å². The van der Waals surface area contributed by atoms with E-state index in [1.807, 2.05) is 0 Å². The summed E-state index contributed by atoms with van der Waals surface area (Å²) < 4.78 is 4.47. The smallest absolute Gasteiger partial charge is 0.411 e. The molecule has 1 aromatic heterocycles. The van der Waals surface area contributed by atoms with Crippen LogP contribution < -0.4 is 10.9 Å². The van der Waals surface area contributed by atoms with Crippen LogP contribution in [0.3, 0.4) is 0 Å². The van der Waals surface area contributed by atoms with Gasteiger partial charge < -0.3 is 4.74 Å². The van der Waals surface area contributed by atoms with Crippen molar-refractivity contribution in [2.75, 3.05) is 12.4 Å². The molecule has 0 bridgehead atoms. The van der Waals surface area contributed by atoms with E-state index < -0.39 is 6.09 Å². The van der Waals surface area contributed by atoms with E-state index in [-0.39, 0.29) is 5.56 Å². The van der Waals surface area contributed by atoms with Gasteiger partial charge in [0, 0.05) is 17.4 Å². The van der Waals surface area contributed by atoms with E-state index in [2.05, 4.69) is 20.3 Å². The van der Waals surface area contributed by atoms with Gasteiger partial charge in [-0.25, -0.2) is 9.89 Å². The summed E-state index contributed by atoms with van der Waals surface area (Å²) in [4.78, 5) is 22.5. The molecule has 0 spiro atoms. The SMILES string of the molecule is COC(=O)Nc1ccc(-c2ccn[nH]c2=O)cc1. The Morgan fingerprint density at radius 3 is 2.61 bits per heavy atom. The number of methoxy groups -OCH3 is 1. The summed E-state index contributed by atoms with van der Waals surface area (Å²) in [6.45, 7) is 0. The molecule has 0 unspecified atom stereocenters. The molecule has 2 N–H and O–H groups in total. The third-order valence-corrected chi connectivity index (χ3v) is 2.35. The van der Waals surface area contributed by atoms with Crippen molar-refractivity contribution in [3.63, 3.8) is 0 Å². The van der Waals surface area contributed by atoms with Gasteiger partial charge in [-0.15, -0.1) is 0 Å². The second-order valence-electron chi connectivity index (χ2n) is 3.49. The highest BCUT2D eigenvalue weighted by Gasteiger charge is 2.04. The third-order valence-electron chi connectivity index (χ3n) is 2.35. The molecule has 0 aliphatic carbocycles. The highest BCUT2D eigenvalue weighted by molar-refractivity contribution is 5.84. The van der Waals surface area contributed by atoms with Crippen LogP contribution in [0.5, 0.6) is 0 Å². The van der Waals surface area contributed by atoms with E-state index in [0.29, 0.717) is 11.3 Å². The van der Waals surface area contributed by atoms with Crippen LogP contribution in [0.1, 0.15) is 0 Å². The fourth-order valence-electron chi connectivity index (χ4n) is 1.47. The van der Waals surface area contributed by atoms with Crippen LogP contribution in [0.15, 0.2) is 41.3 Å². The van der Waals surface area contributed by atoms with Crippen molar-refractivity contribution in [1.82, 2.24) is 10.2 Å². The number of H-pyrrole nitrogens is 1. The lowest BCUT2D eigenvalue weighted by atomic mass is 10.1. The molecule has 0 aliphatic rings. The van der Waals surface area contributed by atoms with Gasteiger partial charge in [0.05, 0.1) is 7.11 Å². The number of aromatic nitrogens is 2. The first kappa shape index (κ1) is 11.8. The lowest BCUT2D eigenvalue weighted by Crippen LogP contribution is -2.11. The average molecular weight is 245 g/mol. The molecular weight excluding hydrogens is 234 g/mol. The Hall–Kier alpha value is -2.63. The van der Waals surface area contributed by atoms with Gasteiger partial charge in [-0.1, -0.05) is 12.1 Å². The summed E-state index contributed by atoms with van der Waals surface area (Å²) in [6, 6.07) is 8.46. The molecule has 18 heavy (non-hydrogen) atoms. The lowest BCUT2D eigenvalue weighted by Gasteiger charge is -2.04. The lowest BCUT2D eigenvalue weighted by molar-refractivity contribution is 0.187. The standard InChI is InChI=1S/C12H11N3O3/c1-18-12(17)14-9-4-2-8(3-5-9)10-6-7-13-15-11(10)16/h2-7H,1H3,(H,14,17)(H,15,16). The van der Waals surface area contributed by atoms with E-state index in [1.54, 1.807) is 30.3 Å². The van der Waals surface area contributed by atoms with Crippen LogP contribution in [0, 0.1) is 0 Å². The van der Waals surface area contributed by atoms with Crippen molar-refractivity contribution in [3.05, 3.63) is 46.9 Å². The second kappa shape index (κ2) is 5.13. The van der Waals surface area contributed by atoms with Crippen LogP contribution in [0.25, 0.3) is 11.1 Å². The molecule has 92 valence electrons. The summed E-state index contributed by atoms with van der Waals surface area (Å²) in [7, 11) is 1.29. The molecule has 2 aromatic rings. The minimum Gasteiger partial charge on any atom is -0.453 e. The van der Waals surface area contributed by atoms with Gasteiger partial charge >= 0.3 is 6.09 Å². The van der Waals surface area contributed by atoms with E-state index in [9.17, 15) is 9.59 Å². The van der Waals surface area contributed by atoms with Crippen molar-refractivity contribution in [2.45, 2.75) is 0 Å². The maximum atomic E-state index is 11.5. The molecule has 0 saturated carbocycles. The van der Waals surface area contributed by atoms with E-state index in [1.165, 1.54) is 13.3 Å². The summed E-state index contributed by atoms with van der Waals surface area (Å²) in [5.41, 5.74) is 1.60. The van der Waals surface area contributed by atoms with E-state index >= 15 is 0 Å². The molecule has 1 aromatic carbocycles. The second-order valence-corrected chi connectivity index (χ2v) is 3.49. The topological polar surface area (TPSA) is 84.1 Å². The van der Waals surface area contributed by atoms with Crippen LogP contribution in [0.2, 0.25) is 0 Å². The number of nitrogens with one attached hydrogen (secondary N) is 2. The number of rotatable bonds is 2. The zero-order chi connectivity index (χ0) is 13.0. The number of anilines is 1. The van der Waals surface area contributed by atoms with E-state index in [4.69, 9.17) is 0 Å². The number of nitrogens with zero attached hydrogens (tertiary/aromatic N) is 1. The highest BCUT2D eigenvalue weighted by atomic mass is 16.5. The number of amides is 1. The van der Waals surface area contributed by atoms with Gasteiger partial charge in [-0.3, -0.25) is 10.1 Å². The first-order chi connectivity index (χ1) is 8.70. The Balaban J connectivity index is 2.25. The Labute approximate surface area is 103 Å². The van der Waals surface area contributed by atoms with E-state index in [0.717, 1.165) is 5.56 Å².